The zero-order valence-electron chi connectivity index (χ0n) is 10.9. The van der Waals surface area contributed by atoms with Gasteiger partial charge < -0.3 is 15.7 Å². The summed E-state index contributed by atoms with van der Waals surface area (Å²) in [4.78, 5) is 16.7. The van der Waals surface area contributed by atoms with Gasteiger partial charge in [-0.25, -0.2) is 4.79 Å². The number of benzene rings is 2. The van der Waals surface area contributed by atoms with Crippen LogP contribution in [0.2, 0.25) is 5.02 Å². The Balaban J connectivity index is 2.06. The van der Waals surface area contributed by atoms with Crippen LogP contribution in [-0.2, 0) is 0 Å². The molecule has 4 N–H and O–H groups in total. The lowest BCUT2D eigenvalue weighted by molar-refractivity contribution is 0.872. The van der Waals surface area contributed by atoms with Crippen molar-refractivity contribution in [3.05, 3.63) is 68.6 Å². The van der Waals surface area contributed by atoms with Crippen LogP contribution in [0.5, 0.6) is 0 Å². The molecule has 0 bridgehead atoms. The van der Waals surface area contributed by atoms with Crippen LogP contribution in [0.1, 0.15) is 22.7 Å². The van der Waals surface area contributed by atoms with E-state index in [0.29, 0.717) is 5.02 Å². The molecule has 3 rings (SSSR count). The lowest BCUT2D eigenvalue weighted by Crippen LogP contribution is -2.12. The summed E-state index contributed by atoms with van der Waals surface area (Å²) in [5, 5.41) is 0.653. The zero-order chi connectivity index (χ0) is 14.3. The third-order valence-electron chi connectivity index (χ3n) is 3.39. The van der Waals surface area contributed by atoms with Gasteiger partial charge in [-0.2, -0.15) is 0 Å². The number of halogens is 1. The number of fused-ring (bicyclic) bond motifs is 1. The Morgan fingerprint density at radius 2 is 1.85 bits per heavy atom. The highest BCUT2D eigenvalue weighted by molar-refractivity contribution is 6.31. The number of aromatic amines is 2. The van der Waals surface area contributed by atoms with Crippen molar-refractivity contribution in [2.24, 2.45) is 5.73 Å². The molecule has 0 aliphatic carbocycles. The van der Waals surface area contributed by atoms with E-state index in [1.807, 2.05) is 43.3 Å². The molecule has 0 aliphatic rings. The summed E-state index contributed by atoms with van der Waals surface area (Å²) in [5.74, 6) is 0. The van der Waals surface area contributed by atoms with Gasteiger partial charge in [0.15, 0.2) is 0 Å². The maximum atomic E-state index is 11.3. The Morgan fingerprint density at radius 3 is 2.60 bits per heavy atom. The molecule has 0 fully saturated rings. The number of hydrogen-bond acceptors (Lipinski definition) is 2. The molecular formula is C15H14ClN3O. The first-order valence-electron chi connectivity index (χ1n) is 6.28. The second-order valence-corrected chi connectivity index (χ2v) is 5.29. The van der Waals surface area contributed by atoms with Crippen molar-refractivity contribution in [2.75, 3.05) is 0 Å². The molecule has 0 radical (unpaired) electrons. The first kappa shape index (κ1) is 13.0. The van der Waals surface area contributed by atoms with Gasteiger partial charge >= 0.3 is 5.69 Å². The van der Waals surface area contributed by atoms with E-state index in [2.05, 4.69) is 9.97 Å². The standard InChI is InChI=1S/C15H14ClN3O/c1-8-2-4-10(11(16)6-8)14(17)9-3-5-12-13(7-9)19-15(20)18-12/h2-7,14H,17H2,1H3,(H2,18,19,20). The summed E-state index contributed by atoms with van der Waals surface area (Å²) >= 11 is 6.25. The maximum Gasteiger partial charge on any atom is 0.323 e. The van der Waals surface area contributed by atoms with Crippen LogP contribution < -0.4 is 11.4 Å². The second-order valence-electron chi connectivity index (χ2n) is 4.89. The number of H-pyrrole nitrogens is 2. The second kappa shape index (κ2) is 4.81. The normalized spacial score (nSPS) is 12.8. The van der Waals surface area contributed by atoms with E-state index < -0.39 is 0 Å². The molecule has 102 valence electrons. The Kier molecular flexibility index (Phi) is 3.12. The molecule has 4 nitrogen and oxygen atoms in total. The number of nitrogens with one attached hydrogen (secondary N) is 2. The quantitative estimate of drug-likeness (QED) is 0.678. The van der Waals surface area contributed by atoms with Gasteiger partial charge in [0, 0.05) is 5.02 Å². The van der Waals surface area contributed by atoms with Gasteiger partial charge in [0.05, 0.1) is 17.1 Å². The molecule has 1 atom stereocenters. The Bertz CT molecular complexity index is 834. The minimum Gasteiger partial charge on any atom is -0.320 e. The van der Waals surface area contributed by atoms with E-state index in [-0.39, 0.29) is 11.7 Å². The molecular weight excluding hydrogens is 274 g/mol. The van der Waals surface area contributed by atoms with Gasteiger partial charge in [-0.05, 0) is 41.8 Å². The minimum atomic E-state index is -0.328. The van der Waals surface area contributed by atoms with E-state index >= 15 is 0 Å². The number of imidazole rings is 1. The molecule has 0 spiro atoms. The lowest BCUT2D eigenvalue weighted by Gasteiger charge is -2.14. The monoisotopic (exact) mass is 287 g/mol. The van der Waals surface area contributed by atoms with Crippen LogP contribution in [-0.4, -0.2) is 9.97 Å². The van der Waals surface area contributed by atoms with Crippen LogP contribution in [0.25, 0.3) is 11.0 Å². The summed E-state index contributed by atoms with van der Waals surface area (Å²) in [7, 11) is 0. The van der Waals surface area contributed by atoms with Crippen molar-refractivity contribution in [3.63, 3.8) is 0 Å². The van der Waals surface area contributed by atoms with Crippen molar-refractivity contribution in [3.8, 4) is 0 Å². The van der Waals surface area contributed by atoms with Gasteiger partial charge in [0.1, 0.15) is 0 Å². The molecule has 0 saturated carbocycles. The van der Waals surface area contributed by atoms with Crippen molar-refractivity contribution in [1.82, 2.24) is 9.97 Å². The molecule has 1 heterocycles. The fourth-order valence-electron chi connectivity index (χ4n) is 2.31. The molecule has 5 heteroatoms. The predicted octanol–water partition coefficient (Wildman–Crippen LogP) is 2.87. The molecule has 2 aromatic carbocycles. The highest BCUT2D eigenvalue weighted by Gasteiger charge is 2.13. The Hall–Kier alpha value is -2.04. The van der Waals surface area contributed by atoms with E-state index in [9.17, 15) is 4.79 Å². The highest BCUT2D eigenvalue weighted by atomic mass is 35.5. The average molecular weight is 288 g/mol. The lowest BCUT2D eigenvalue weighted by atomic mass is 9.98. The zero-order valence-corrected chi connectivity index (χ0v) is 11.7. The number of aryl methyl sites for hydroxylation is 1. The van der Waals surface area contributed by atoms with Gasteiger partial charge in [-0.1, -0.05) is 29.8 Å². The van der Waals surface area contributed by atoms with Crippen molar-refractivity contribution in [2.45, 2.75) is 13.0 Å². The summed E-state index contributed by atoms with van der Waals surface area (Å²) in [6, 6.07) is 11.1. The number of hydrogen-bond donors (Lipinski definition) is 3. The van der Waals surface area contributed by atoms with Gasteiger partial charge in [-0.15, -0.1) is 0 Å². The number of aromatic nitrogens is 2. The van der Waals surface area contributed by atoms with Gasteiger partial charge in [0.2, 0.25) is 0 Å². The molecule has 0 aliphatic heterocycles. The van der Waals surface area contributed by atoms with Crippen molar-refractivity contribution in [1.29, 1.82) is 0 Å². The summed E-state index contributed by atoms with van der Waals surface area (Å²) in [6.45, 7) is 1.98. The Labute approximate surface area is 120 Å². The Morgan fingerprint density at radius 1 is 1.10 bits per heavy atom. The fourth-order valence-corrected chi connectivity index (χ4v) is 2.66. The van der Waals surface area contributed by atoms with E-state index in [0.717, 1.165) is 27.7 Å². The summed E-state index contributed by atoms with van der Waals surface area (Å²) in [5.41, 5.74) is 10.4. The maximum absolute atomic E-state index is 11.3. The summed E-state index contributed by atoms with van der Waals surface area (Å²) in [6.07, 6.45) is 0. The molecule has 0 saturated heterocycles. The van der Waals surface area contributed by atoms with Crippen molar-refractivity contribution < 1.29 is 0 Å². The van der Waals surface area contributed by atoms with Crippen LogP contribution >= 0.6 is 11.6 Å². The third kappa shape index (κ3) is 2.24. The predicted molar refractivity (Wildman–Crippen MR) is 81.1 cm³/mol. The van der Waals surface area contributed by atoms with Gasteiger partial charge in [-0.3, -0.25) is 0 Å². The van der Waals surface area contributed by atoms with E-state index in [1.54, 1.807) is 0 Å². The van der Waals surface area contributed by atoms with Crippen molar-refractivity contribution >= 4 is 22.6 Å². The van der Waals surface area contributed by atoms with Crippen LogP contribution in [0.4, 0.5) is 0 Å². The first-order chi connectivity index (χ1) is 9.54. The molecule has 0 amide bonds. The topological polar surface area (TPSA) is 74.7 Å². The number of rotatable bonds is 2. The summed E-state index contributed by atoms with van der Waals surface area (Å²) < 4.78 is 0. The van der Waals surface area contributed by atoms with E-state index in [1.165, 1.54) is 0 Å². The smallest absolute Gasteiger partial charge is 0.320 e. The van der Waals surface area contributed by atoms with Gasteiger partial charge in [0.25, 0.3) is 0 Å². The largest absolute Gasteiger partial charge is 0.323 e. The average Bonchev–Trinajstić information content (AvgIpc) is 2.77. The highest BCUT2D eigenvalue weighted by Crippen LogP contribution is 2.28. The molecule has 1 aromatic heterocycles. The van der Waals surface area contributed by atoms with Crippen LogP contribution in [0.3, 0.4) is 0 Å². The molecule has 3 aromatic rings. The molecule has 20 heavy (non-hydrogen) atoms. The third-order valence-corrected chi connectivity index (χ3v) is 3.72. The van der Waals surface area contributed by atoms with Crippen LogP contribution in [0, 0.1) is 6.92 Å². The minimum absolute atomic E-state index is 0.223. The number of nitrogens with two attached hydrogens (primary N) is 1. The fraction of sp³-hybridized carbons (Fsp3) is 0.133. The first-order valence-corrected chi connectivity index (χ1v) is 6.66. The SMILES string of the molecule is Cc1ccc(C(N)c2ccc3[nH]c(=O)[nH]c3c2)c(Cl)c1. The van der Waals surface area contributed by atoms with E-state index in [4.69, 9.17) is 17.3 Å². The molecule has 1 unspecified atom stereocenters. The van der Waals surface area contributed by atoms with Crippen LogP contribution in [0.15, 0.2) is 41.2 Å².